The summed E-state index contributed by atoms with van der Waals surface area (Å²) in [6.07, 6.45) is 4.36. The lowest BCUT2D eigenvalue weighted by molar-refractivity contribution is 0.0981. The summed E-state index contributed by atoms with van der Waals surface area (Å²) in [4.78, 5) is 15.4. The van der Waals surface area contributed by atoms with Crippen molar-refractivity contribution in [3.63, 3.8) is 0 Å². The zero-order valence-electron chi connectivity index (χ0n) is 19.1. The van der Waals surface area contributed by atoms with Crippen molar-refractivity contribution >= 4 is 11.6 Å². The predicted molar refractivity (Wildman–Crippen MR) is 130 cm³/mol. The number of nitrogens with zero attached hydrogens (tertiary/aromatic N) is 4. The Balaban J connectivity index is 1.49. The highest BCUT2D eigenvalue weighted by atomic mass is 16.5. The van der Waals surface area contributed by atoms with Gasteiger partial charge < -0.3 is 9.64 Å². The molecule has 5 rings (SSSR count). The Kier molecular flexibility index (Phi) is 5.60. The van der Waals surface area contributed by atoms with E-state index in [0.717, 1.165) is 22.4 Å². The number of aryl methyl sites for hydroxylation is 1. The molecule has 2 heterocycles. The second-order valence-corrected chi connectivity index (χ2v) is 8.53. The molecule has 1 aliphatic rings. The van der Waals surface area contributed by atoms with Crippen molar-refractivity contribution in [1.82, 2.24) is 9.78 Å². The molecule has 0 N–H and O–H groups in total. The maximum Gasteiger partial charge on any atom is 0.262 e. The summed E-state index contributed by atoms with van der Waals surface area (Å²) in [7, 11) is 0. The van der Waals surface area contributed by atoms with Gasteiger partial charge in [-0.25, -0.2) is 4.68 Å². The van der Waals surface area contributed by atoms with Crippen LogP contribution in [0.4, 0.5) is 5.69 Å². The van der Waals surface area contributed by atoms with Gasteiger partial charge in [0.1, 0.15) is 18.4 Å². The number of para-hydroxylation sites is 1. The van der Waals surface area contributed by atoms with E-state index >= 15 is 0 Å². The van der Waals surface area contributed by atoms with E-state index in [1.54, 1.807) is 23.2 Å². The number of rotatable bonds is 4. The number of nitriles is 1. The fraction of sp³-hybridized carbons (Fsp3) is 0.179. The third-order valence-corrected chi connectivity index (χ3v) is 6.19. The first-order valence-electron chi connectivity index (χ1n) is 11.2. The molecule has 0 bridgehead atoms. The van der Waals surface area contributed by atoms with Crippen molar-refractivity contribution in [1.29, 1.82) is 5.26 Å². The third kappa shape index (κ3) is 3.93. The normalized spacial score (nSPS) is 15.3. The van der Waals surface area contributed by atoms with Crippen LogP contribution in [0.2, 0.25) is 0 Å². The van der Waals surface area contributed by atoms with Gasteiger partial charge in [0, 0.05) is 12.4 Å². The van der Waals surface area contributed by atoms with E-state index in [1.165, 1.54) is 0 Å². The summed E-state index contributed by atoms with van der Waals surface area (Å²) in [6, 6.07) is 23.2. The summed E-state index contributed by atoms with van der Waals surface area (Å²) in [6.45, 7) is 4.33. The van der Waals surface area contributed by atoms with Crippen LogP contribution in [0, 0.1) is 18.3 Å². The summed E-state index contributed by atoms with van der Waals surface area (Å²) >= 11 is 0. The van der Waals surface area contributed by atoms with E-state index < -0.39 is 0 Å². The second-order valence-electron chi connectivity index (χ2n) is 8.53. The molecule has 0 radical (unpaired) electrons. The number of aromatic nitrogens is 2. The molecule has 0 spiro atoms. The Morgan fingerprint density at radius 3 is 2.65 bits per heavy atom. The Bertz CT molecular complexity index is 1390. The van der Waals surface area contributed by atoms with Crippen molar-refractivity contribution < 1.29 is 9.53 Å². The number of amides is 1. The number of carbonyl (C=O) groups excluding carboxylic acids is 1. The SMILES string of the molecule is Cc1cc2c(cc1Cc1ccc(-n3cccn3)cc1)C(=O)N(c1ccccc1C#N)[C@@H](C)CO2. The lowest BCUT2D eigenvalue weighted by Crippen LogP contribution is -2.40. The molecule has 3 aromatic carbocycles. The highest BCUT2D eigenvalue weighted by Crippen LogP contribution is 2.33. The van der Waals surface area contributed by atoms with Crippen molar-refractivity contribution in [3.8, 4) is 17.5 Å². The highest BCUT2D eigenvalue weighted by Gasteiger charge is 2.31. The standard InChI is InChI=1S/C28H24N4O2/c1-19-14-27-25(16-23(19)15-21-8-10-24(11-9-21)31-13-5-12-30-31)28(33)32(20(2)18-34-27)26-7-4-3-6-22(26)17-29/h3-14,16,20H,15,18H2,1-2H3/t20-/m0/s1. The van der Waals surface area contributed by atoms with Crippen LogP contribution < -0.4 is 9.64 Å². The monoisotopic (exact) mass is 448 g/mol. The van der Waals surface area contributed by atoms with Crippen LogP contribution >= 0.6 is 0 Å². The first kappa shape index (κ1) is 21.5. The van der Waals surface area contributed by atoms with Crippen LogP contribution in [0.1, 0.15) is 39.5 Å². The molecule has 1 atom stereocenters. The van der Waals surface area contributed by atoms with Gasteiger partial charge in [-0.05, 0) is 79.4 Å². The van der Waals surface area contributed by atoms with Crippen LogP contribution in [-0.4, -0.2) is 28.3 Å². The molecule has 1 amide bonds. The van der Waals surface area contributed by atoms with Crippen molar-refractivity contribution in [2.75, 3.05) is 11.5 Å². The van der Waals surface area contributed by atoms with Crippen LogP contribution in [0.15, 0.2) is 79.1 Å². The van der Waals surface area contributed by atoms with Gasteiger partial charge in [0.2, 0.25) is 0 Å². The van der Waals surface area contributed by atoms with Crippen LogP contribution in [-0.2, 0) is 6.42 Å². The van der Waals surface area contributed by atoms with Gasteiger partial charge in [-0.1, -0.05) is 24.3 Å². The Morgan fingerprint density at radius 2 is 1.91 bits per heavy atom. The lowest BCUT2D eigenvalue weighted by atomic mass is 9.96. The van der Waals surface area contributed by atoms with Crippen molar-refractivity contribution in [3.05, 3.63) is 107 Å². The first-order chi connectivity index (χ1) is 16.5. The summed E-state index contributed by atoms with van der Waals surface area (Å²) in [5.41, 5.74) is 5.86. The summed E-state index contributed by atoms with van der Waals surface area (Å²) in [5, 5.41) is 13.9. The zero-order valence-corrected chi connectivity index (χ0v) is 19.1. The number of carbonyl (C=O) groups is 1. The number of hydrogen-bond acceptors (Lipinski definition) is 4. The van der Waals surface area contributed by atoms with Crippen LogP contribution in [0.3, 0.4) is 0 Å². The number of benzene rings is 3. The smallest absolute Gasteiger partial charge is 0.262 e. The lowest BCUT2D eigenvalue weighted by Gasteiger charge is -2.27. The van der Waals surface area contributed by atoms with Gasteiger partial charge in [0.25, 0.3) is 5.91 Å². The molecule has 6 heteroatoms. The molecule has 34 heavy (non-hydrogen) atoms. The second kappa shape index (κ2) is 8.87. The minimum atomic E-state index is -0.215. The molecule has 0 aliphatic carbocycles. The maximum atomic E-state index is 13.7. The van der Waals surface area contributed by atoms with E-state index in [9.17, 15) is 10.1 Å². The van der Waals surface area contributed by atoms with Crippen molar-refractivity contribution in [2.24, 2.45) is 0 Å². The zero-order chi connectivity index (χ0) is 23.7. The minimum absolute atomic E-state index is 0.155. The highest BCUT2D eigenvalue weighted by molar-refractivity contribution is 6.09. The molecule has 0 saturated heterocycles. The van der Waals surface area contributed by atoms with Crippen molar-refractivity contribution in [2.45, 2.75) is 26.3 Å². The fourth-order valence-electron chi connectivity index (χ4n) is 4.35. The van der Waals surface area contributed by atoms with E-state index in [1.807, 2.05) is 67.2 Å². The molecular formula is C28H24N4O2. The molecular weight excluding hydrogens is 424 g/mol. The topological polar surface area (TPSA) is 71.2 Å². The van der Waals surface area contributed by atoms with E-state index in [0.29, 0.717) is 35.6 Å². The Morgan fingerprint density at radius 1 is 1.12 bits per heavy atom. The van der Waals surface area contributed by atoms with E-state index in [-0.39, 0.29) is 11.9 Å². The van der Waals surface area contributed by atoms with Gasteiger partial charge in [-0.3, -0.25) is 4.79 Å². The maximum absolute atomic E-state index is 13.7. The first-order valence-corrected chi connectivity index (χ1v) is 11.2. The minimum Gasteiger partial charge on any atom is -0.491 e. The van der Waals surface area contributed by atoms with Gasteiger partial charge in [0.05, 0.1) is 28.5 Å². The summed E-state index contributed by atoms with van der Waals surface area (Å²) < 4.78 is 7.87. The largest absolute Gasteiger partial charge is 0.491 e. The van der Waals surface area contributed by atoms with Gasteiger partial charge >= 0.3 is 0 Å². The molecule has 168 valence electrons. The average Bonchev–Trinajstić information content (AvgIpc) is 3.36. The molecule has 1 aromatic heterocycles. The molecule has 4 aromatic rings. The molecule has 0 fully saturated rings. The van der Waals surface area contributed by atoms with Crippen LogP contribution in [0.25, 0.3) is 5.69 Å². The van der Waals surface area contributed by atoms with E-state index in [4.69, 9.17) is 4.74 Å². The Labute approximate surface area is 198 Å². The predicted octanol–water partition coefficient (Wildman–Crippen LogP) is 5.07. The number of anilines is 1. The summed E-state index contributed by atoms with van der Waals surface area (Å²) in [5.74, 6) is 0.432. The molecule has 0 saturated carbocycles. The molecule has 1 aliphatic heterocycles. The molecule has 0 unspecified atom stereocenters. The number of hydrogen-bond donors (Lipinski definition) is 0. The third-order valence-electron chi connectivity index (χ3n) is 6.19. The molecule has 6 nitrogen and oxygen atoms in total. The average molecular weight is 449 g/mol. The van der Waals surface area contributed by atoms with Gasteiger partial charge in [-0.15, -0.1) is 0 Å². The number of ether oxygens (including phenoxy) is 1. The van der Waals surface area contributed by atoms with Gasteiger partial charge in [0.15, 0.2) is 0 Å². The Hall–Kier alpha value is -4.37. The van der Waals surface area contributed by atoms with Crippen LogP contribution in [0.5, 0.6) is 5.75 Å². The van der Waals surface area contributed by atoms with Gasteiger partial charge in [-0.2, -0.15) is 10.4 Å². The fourth-order valence-corrected chi connectivity index (χ4v) is 4.35. The number of fused-ring (bicyclic) bond motifs is 1. The van der Waals surface area contributed by atoms with E-state index in [2.05, 4.69) is 23.3 Å². The quantitative estimate of drug-likeness (QED) is 0.437.